The fourth-order valence-electron chi connectivity index (χ4n) is 1.68. The third kappa shape index (κ3) is 3.61. The Kier molecular flexibility index (Phi) is 4.88. The molecule has 0 aliphatic carbocycles. The molecule has 1 heterocycles. The van der Waals surface area contributed by atoms with Crippen molar-refractivity contribution < 1.29 is 28.2 Å². The van der Waals surface area contributed by atoms with Crippen molar-refractivity contribution in [2.45, 2.75) is 9.79 Å². The molecule has 0 fully saturated rings. The van der Waals surface area contributed by atoms with E-state index in [0.29, 0.717) is 11.1 Å². The number of aliphatic carboxylic acids is 1. The Labute approximate surface area is 140 Å². The fourth-order valence-corrected chi connectivity index (χ4v) is 4.41. The maximum atomic E-state index is 12.6. The number of carbonyl (C=O) groups is 2. The average Bonchev–Trinajstić information content (AvgIpc) is 2.97. The van der Waals surface area contributed by atoms with Gasteiger partial charge in [-0.2, -0.15) is 0 Å². The van der Waals surface area contributed by atoms with Gasteiger partial charge in [-0.25, -0.2) is 13.2 Å². The lowest BCUT2D eigenvalue weighted by molar-refractivity contribution is -0.135. The van der Waals surface area contributed by atoms with E-state index in [2.05, 4.69) is 0 Å². The van der Waals surface area contributed by atoms with E-state index in [4.69, 9.17) is 21.8 Å². The van der Waals surface area contributed by atoms with E-state index in [1.165, 1.54) is 35.7 Å². The molecule has 120 valence electrons. The normalized spacial score (nSPS) is 12.1. The molecule has 23 heavy (non-hydrogen) atoms. The number of benzene rings is 1. The Balaban J connectivity index is 2.49. The molecule has 1 aromatic carbocycles. The zero-order chi connectivity index (χ0) is 17.2. The molecule has 0 amide bonds. The van der Waals surface area contributed by atoms with Crippen LogP contribution in [0.3, 0.4) is 0 Å². The first-order chi connectivity index (χ1) is 10.7. The van der Waals surface area contributed by atoms with E-state index in [0.717, 1.165) is 11.3 Å². The van der Waals surface area contributed by atoms with E-state index in [9.17, 15) is 18.0 Å². The SMILES string of the molecule is O=C(O)/C(O)=C/C(=O)c1sccc1S(=O)(=O)c1ccc(Cl)cc1. The fraction of sp³-hybridized carbons (Fsp3) is 0. The van der Waals surface area contributed by atoms with Crippen LogP contribution in [0.1, 0.15) is 9.67 Å². The number of hydrogen-bond donors (Lipinski definition) is 2. The summed E-state index contributed by atoms with van der Waals surface area (Å²) in [5.74, 6) is -3.76. The zero-order valence-corrected chi connectivity index (χ0v) is 13.7. The Hall–Kier alpha value is -2.16. The molecule has 1 aromatic heterocycles. The minimum atomic E-state index is -3.97. The van der Waals surface area contributed by atoms with Gasteiger partial charge < -0.3 is 10.2 Å². The van der Waals surface area contributed by atoms with E-state index in [-0.39, 0.29) is 14.7 Å². The Morgan fingerprint density at radius 1 is 1.09 bits per heavy atom. The summed E-state index contributed by atoms with van der Waals surface area (Å²) in [6.07, 6.45) is 0.467. The number of carboxylic acids is 1. The van der Waals surface area contributed by atoms with Gasteiger partial charge in [-0.1, -0.05) is 11.6 Å². The summed E-state index contributed by atoms with van der Waals surface area (Å²) in [6.45, 7) is 0. The lowest BCUT2D eigenvalue weighted by Gasteiger charge is -2.04. The summed E-state index contributed by atoms with van der Waals surface area (Å²) in [7, 11) is -3.97. The highest BCUT2D eigenvalue weighted by Gasteiger charge is 2.25. The summed E-state index contributed by atoms with van der Waals surface area (Å²) in [4.78, 5) is 22.0. The van der Waals surface area contributed by atoms with Gasteiger partial charge in [0.05, 0.1) is 14.7 Å². The molecule has 9 heteroatoms. The minimum absolute atomic E-state index is 0.0548. The molecule has 6 nitrogen and oxygen atoms in total. The second-order valence-corrected chi connectivity index (χ2v) is 7.54. The van der Waals surface area contributed by atoms with Crippen LogP contribution in [0.5, 0.6) is 0 Å². The number of hydrogen-bond acceptors (Lipinski definition) is 6. The number of thiophene rings is 1. The highest BCUT2D eigenvalue weighted by Crippen LogP contribution is 2.29. The summed E-state index contributed by atoms with van der Waals surface area (Å²) >= 11 is 6.55. The summed E-state index contributed by atoms with van der Waals surface area (Å²) in [5, 5.41) is 19.4. The van der Waals surface area contributed by atoms with Crippen molar-refractivity contribution in [3.63, 3.8) is 0 Å². The summed E-state index contributed by atoms with van der Waals surface area (Å²) < 4.78 is 25.1. The van der Waals surface area contributed by atoms with Gasteiger partial charge in [-0.05, 0) is 35.7 Å². The lowest BCUT2D eigenvalue weighted by atomic mass is 10.3. The van der Waals surface area contributed by atoms with E-state index < -0.39 is 27.3 Å². The number of halogens is 1. The van der Waals surface area contributed by atoms with Crippen molar-refractivity contribution in [3.05, 3.63) is 57.4 Å². The molecule has 2 N–H and O–H groups in total. The van der Waals surface area contributed by atoms with E-state index >= 15 is 0 Å². The lowest BCUT2D eigenvalue weighted by Crippen LogP contribution is -2.08. The number of aliphatic hydroxyl groups is 1. The predicted molar refractivity (Wildman–Crippen MR) is 83.9 cm³/mol. The molecular weight excluding hydrogens is 364 g/mol. The van der Waals surface area contributed by atoms with Crippen molar-refractivity contribution in [3.8, 4) is 0 Å². The largest absolute Gasteiger partial charge is 0.502 e. The second kappa shape index (κ2) is 6.53. The van der Waals surface area contributed by atoms with Gasteiger partial charge >= 0.3 is 5.97 Å². The third-order valence-corrected chi connectivity index (χ3v) is 5.88. The highest BCUT2D eigenvalue weighted by molar-refractivity contribution is 7.91. The van der Waals surface area contributed by atoms with Crippen LogP contribution in [0.15, 0.2) is 57.3 Å². The van der Waals surface area contributed by atoms with Crippen LogP contribution in [0.4, 0.5) is 0 Å². The highest BCUT2D eigenvalue weighted by atomic mass is 35.5. The molecule has 0 saturated heterocycles. The molecule has 0 aliphatic heterocycles. The first-order valence-electron chi connectivity index (χ1n) is 6.00. The van der Waals surface area contributed by atoms with Gasteiger partial charge in [-0.15, -0.1) is 11.3 Å². The van der Waals surface area contributed by atoms with Gasteiger partial charge in [0.1, 0.15) is 0 Å². The summed E-state index contributed by atoms with van der Waals surface area (Å²) in [5.41, 5.74) is 0. The molecule has 0 saturated carbocycles. The minimum Gasteiger partial charge on any atom is -0.502 e. The van der Waals surface area contributed by atoms with Crippen molar-refractivity contribution in [1.29, 1.82) is 0 Å². The second-order valence-electron chi connectivity index (χ2n) is 4.27. The van der Waals surface area contributed by atoms with E-state index in [1.54, 1.807) is 0 Å². The van der Waals surface area contributed by atoms with Gasteiger partial charge in [0.25, 0.3) is 0 Å². The Morgan fingerprint density at radius 2 is 1.70 bits per heavy atom. The maximum absolute atomic E-state index is 12.6. The Bertz CT molecular complexity index is 894. The smallest absolute Gasteiger partial charge is 0.371 e. The number of carboxylic acid groups (broad SMARTS) is 1. The summed E-state index contributed by atoms with van der Waals surface area (Å²) in [6, 6.07) is 6.65. The van der Waals surface area contributed by atoms with Crippen LogP contribution in [0, 0.1) is 0 Å². The van der Waals surface area contributed by atoms with Gasteiger partial charge in [0, 0.05) is 11.1 Å². The number of rotatable bonds is 5. The van der Waals surface area contributed by atoms with Crippen LogP contribution >= 0.6 is 22.9 Å². The molecule has 0 aliphatic rings. The van der Waals surface area contributed by atoms with Crippen molar-refractivity contribution in [2.75, 3.05) is 0 Å². The van der Waals surface area contributed by atoms with Gasteiger partial charge in [0.2, 0.25) is 21.4 Å². The molecule has 0 atom stereocenters. The molecule has 2 aromatic rings. The standard InChI is InChI=1S/C14H9ClO6S2/c15-8-1-3-9(4-2-8)23(20,21)12-5-6-22-13(12)10(16)7-11(17)14(18)19/h1-7,17H,(H,18,19)/b11-7-. The van der Waals surface area contributed by atoms with Gasteiger partial charge in [-0.3, -0.25) is 4.79 Å². The van der Waals surface area contributed by atoms with Crippen LogP contribution in [-0.2, 0) is 14.6 Å². The number of allylic oxidation sites excluding steroid dienone is 1. The van der Waals surface area contributed by atoms with Crippen LogP contribution in [0.2, 0.25) is 5.02 Å². The number of aliphatic hydroxyl groups excluding tert-OH is 1. The van der Waals surface area contributed by atoms with Crippen molar-refractivity contribution in [1.82, 2.24) is 0 Å². The third-order valence-electron chi connectivity index (χ3n) is 2.75. The molecular formula is C14H9ClO6S2. The van der Waals surface area contributed by atoms with Crippen LogP contribution in [-0.4, -0.2) is 30.4 Å². The first-order valence-corrected chi connectivity index (χ1v) is 8.74. The number of sulfone groups is 1. The molecule has 0 spiro atoms. The maximum Gasteiger partial charge on any atom is 0.371 e. The van der Waals surface area contributed by atoms with Crippen LogP contribution < -0.4 is 0 Å². The molecule has 0 bridgehead atoms. The van der Waals surface area contributed by atoms with Gasteiger partial charge in [0.15, 0.2) is 0 Å². The average molecular weight is 373 g/mol. The predicted octanol–water partition coefficient (Wildman–Crippen LogP) is 2.94. The molecule has 2 rings (SSSR count). The van der Waals surface area contributed by atoms with Crippen molar-refractivity contribution in [2.24, 2.45) is 0 Å². The molecule has 0 unspecified atom stereocenters. The quantitative estimate of drug-likeness (QED) is 0.474. The molecule has 0 radical (unpaired) electrons. The topological polar surface area (TPSA) is 109 Å². The Morgan fingerprint density at radius 3 is 2.26 bits per heavy atom. The zero-order valence-electron chi connectivity index (χ0n) is 11.3. The van der Waals surface area contributed by atoms with Crippen LogP contribution in [0.25, 0.3) is 0 Å². The first kappa shape index (κ1) is 17.2. The van der Waals surface area contributed by atoms with E-state index in [1.807, 2.05) is 0 Å². The van der Waals surface area contributed by atoms with Crippen molar-refractivity contribution >= 4 is 44.5 Å². The number of carbonyl (C=O) groups excluding carboxylic acids is 1. The number of ketones is 1. The monoisotopic (exact) mass is 372 g/mol.